The summed E-state index contributed by atoms with van der Waals surface area (Å²) in [6.07, 6.45) is 5.09. The maximum atomic E-state index is 13.1. The number of rotatable bonds is 9. The number of benzene rings is 1. The van der Waals surface area contributed by atoms with Gasteiger partial charge in [-0.05, 0) is 43.2 Å². The van der Waals surface area contributed by atoms with E-state index in [1.807, 2.05) is 6.07 Å². The molecule has 0 aliphatic carbocycles. The average Bonchev–Trinajstić information content (AvgIpc) is 3.41. The molecule has 1 unspecified atom stereocenters. The minimum atomic E-state index is -0.268. The number of carbonyl (C=O) groups is 2. The smallest absolute Gasteiger partial charge is 0.254 e. The van der Waals surface area contributed by atoms with Gasteiger partial charge in [0.05, 0.1) is 18.9 Å². The number of nitrogens with zero attached hydrogens (tertiary/aromatic N) is 2. The highest BCUT2D eigenvalue weighted by molar-refractivity contribution is 6.31. The van der Waals surface area contributed by atoms with Gasteiger partial charge in [0.1, 0.15) is 12.3 Å². The Labute approximate surface area is 175 Å². The van der Waals surface area contributed by atoms with Gasteiger partial charge in [0.2, 0.25) is 5.91 Å². The van der Waals surface area contributed by atoms with Crippen LogP contribution in [0, 0.1) is 0 Å². The second-order valence-electron chi connectivity index (χ2n) is 6.97. The Morgan fingerprint density at radius 3 is 2.76 bits per heavy atom. The van der Waals surface area contributed by atoms with Gasteiger partial charge < -0.3 is 19.0 Å². The molecule has 2 aromatic rings. The van der Waals surface area contributed by atoms with Crippen LogP contribution in [-0.2, 0) is 16.1 Å². The van der Waals surface area contributed by atoms with Gasteiger partial charge in [-0.15, -0.1) is 6.58 Å². The maximum Gasteiger partial charge on any atom is 0.254 e. The SMILES string of the molecule is C=CCN(CC(=O)N(Cc1ccco1)CC1CCCO1)C(=O)c1cccc(Cl)c1. The Morgan fingerprint density at radius 2 is 2.10 bits per heavy atom. The number of carbonyl (C=O) groups excluding carboxylic acids is 2. The molecular weight excluding hydrogens is 392 g/mol. The second-order valence-corrected chi connectivity index (χ2v) is 7.41. The fraction of sp³-hybridized carbons (Fsp3) is 0.364. The van der Waals surface area contributed by atoms with E-state index < -0.39 is 0 Å². The lowest BCUT2D eigenvalue weighted by Crippen LogP contribution is -2.45. The lowest BCUT2D eigenvalue weighted by atomic mass is 10.2. The lowest BCUT2D eigenvalue weighted by molar-refractivity contribution is -0.134. The molecule has 29 heavy (non-hydrogen) atoms. The van der Waals surface area contributed by atoms with Crippen LogP contribution in [0.2, 0.25) is 5.02 Å². The molecule has 0 bridgehead atoms. The van der Waals surface area contributed by atoms with Crippen molar-refractivity contribution in [1.29, 1.82) is 0 Å². The van der Waals surface area contributed by atoms with Crippen molar-refractivity contribution in [2.45, 2.75) is 25.5 Å². The quantitative estimate of drug-likeness (QED) is 0.584. The molecule has 1 fully saturated rings. The molecule has 0 spiro atoms. The minimum Gasteiger partial charge on any atom is -0.467 e. The second kappa shape index (κ2) is 10.3. The van der Waals surface area contributed by atoms with Gasteiger partial charge in [-0.3, -0.25) is 9.59 Å². The summed E-state index contributed by atoms with van der Waals surface area (Å²) in [7, 11) is 0. The first-order valence-electron chi connectivity index (χ1n) is 9.64. The number of hydrogen-bond acceptors (Lipinski definition) is 4. The van der Waals surface area contributed by atoms with Gasteiger partial charge >= 0.3 is 0 Å². The first-order valence-corrected chi connectivity index (χ1v) is 10.0. The average molecular weight is 417 g/mol. The van der Waals surface area contributed by atoms with Crippen molar-refractivity contribution in [1.82, 2.24) is 9.80 Å². The number of ether oxygens (including phenoxy) is 1. The zero-order valence-electron chi connectivity index (χ0n) is 16.3. The number of furan rings is 1. The summed E-state index contributed by atoms with van der Waals surface area (Å²) < 4.78 is 11.1. The van der Waals surface area contributed by atoms with E-state index in [2.05, 4.69) is 6.58 Å². The number of hydrogen-bond donors (Lipinski definition) is 0. The van der Waals surface area contributed by atoms with Crippen molar-refractivity contribution in [2.75, 3.05) is 26.2 Å². The molecule has 1 aromatic carbocycles. The third kappa shape index (κ3) is 5.95. The first kappa shape index (κ1) is 21.1. The molecule has 1 saturated heterocycles. The predicted octanol–water partition coefficient (Wildman–Crippen LogP) is 3.77. The summed E-state index contributed by atoms with van der Waals surface area (Å²) in [6, 6.07) is 10.3. The van der Waals surface area contributed by atoms with Crippen LogP contribution < -0.4 is 0 Å². The largest absolute Gasteiger partial charge is 0.467 e. The van der Waals surface area contributed by atoms with E-state index in [1.165, 1.54) is 4.90 Å². The Kier molecular flexibility index (Phi) is 7.49. The van der Waals surface area contributed by atoms with Crippen molar-refractivity contribution in [3.63, 3.8) is 0 Å². The van der Waals surface area contributed by atoms with E-state index in [-0.39, 0.29) is 31.0 Å². The highest BCUT2D eigenvalue weighted by Gasteiger charge is 2.26. The van der Waals surface area contributed by atoms with E-state index >= 15 is 0 Å². The maximum absolute atomic E-state index is 13.1. The van der Waals surface area contributed by atoms with Crippen molar-refractivity contribution in [2.24, 2.45) is 0 Å². The fourth-order valence-electron chi connectivity index (χ4n) is 3.32. The van der Waals surface area contributed by atoms with Crippen LogP contribution in [0.1, 0.15) is 29.0 Å². The highest BCUT2D eigenvalue weighted by Crippen LogP contribution is 2.17. The third-order valence-electron chi connectivity index (χ3n) is 4.76. The molecule has 0 saturated carbocycles. The van der Waals surface area contributed by atoms with Gasteiger partial charge in [-0.25, -0.2) is 0 Å². The summed E-state index contributed by atoms with van der Waals surface area (Å²) in [4.78, 5) is 29.2. The molecule has 1 aliphatic heterocycles. The van der Waals surface area contributed by atoms with E-state index in [0.717, 1.165) is 12.8 Å². The summed E-state index contributed by atoms with van der Waals surface area (Å²) >= 11 is 6.01. The van der Waals surface area contributed by atoms with Crippen LogP contribution in [0.4, 0.5) is 0 Å². The fourth-order valence-corrected chi connectivity index (χ4v) is 3.51. The molecule has 1 aromatic heterocycles. The Bertz CT molecular complexity index is 831. The van der Waals surface area contributed by atoms with Crippen LogP contribution in [0.25, 0.3) is 0 Å². The molecule has 154 valence electrons. The van der Waals surface area contributed by atoms with Gasteiger partial charge in [-0.2, -0.15) is 0 Å². The van der Waals surface area contributed by atoms with Crippen LogP contribution in [-0.4, -0.2) is 54.0 Å². The molecule has 7 heteroatoms. The van der Waals surface area contributed by atoms with E-state index in [0.29, 0.717) is 36.0 Å². The predicted molar refractivity (Wildman–Crippen MR) is 111 cm³/mol. The zero-order valence-corrected chi connectivity index (χ0v) is 17.0. The highest BCUT2D eigenvalue weighted by atomic mass is 35.5. The van der Waals surface area contributed by atoms with Crippen LogP contribution >= 0.6 is 11.6 Å². The topological polar surface area (TPSA) is 63.0 Å². The van der Waals surface area contributed by atoms with Gasteiger partial charge in [0.25, 0.3) is 5.91 Å². The molecule has 1 atom stereocenters. The Morgan fingerprint density at radius 1 is 1.24 bits per heavy atom. The summed E-state index contributed by atoms with van der Waals surface area (Å²) in [5.41, 5.74) is 0.434. The monoisotopic (exact) mass is 416 g/mol. The molecule has 6 nitrogen and oxygen atoms in total. The van der Waals surface area contributed by atoms with Crippen LogP contribution in [0.15, 0.2) is 59.7 Å². The molecule has 3 rings (SSSR count). The first-order chi connectivity index (χ1) is 14.1. The van der Waals surface area contributed by atoms with Gasteiger partial charge in [-0.1, -0.05) is 23.7 Å². The van der Waals surface area contributed by atoms with Crippen molar-refractivity contribution in [3.8, 4) is 0 Å². The van der Waals surface area contributed by atoms with Gasteiger partial charge in [0.15, 0.2) is 0 Å². The van der Waals surface area contributed by atoms with Crippen LogP contribution in [0.5, 0.6) is 0 Å². The summed E-state index contributed by atoms with van der Waals surface area (Å²) in [5.74, 6) is 0.248. The third-order valence-corrected chi connectivity index (χ3v) is 5.00. The minimum absolute atomic E-state index is 0.00500. The lowest BCUT2D eigenvalue weighted by Gasteiger charge is -2.28. The molecule has 2 amide bonds. The number of halogens is 1. The summed E-state index contributed by atoms with van der Waals surface area (Å²) in [6.45, 7) is 5.41. The molecule has 0 N–H and O–H groups in total. The number of amides is 2. The van der Waals surface area contributed by atoms with Crippen molar-refractivity contribution >= 4 is 23.4 Å². The molecule has 0 radical (unpaired) electrons. The van der Waals surface area contributed by atoms with Crippen molar-refractivity contribution in [3.05, 3.63) is 71.7 Å². The van der Waals surface area contributed by atoms with Crippen molar-refractivity contribution < 1.29 is 18.7 Å². The van der Waals surface area contributed by atoms with Crippen LogP contribution in [0.3, 0.4) is 0 Å². The Balaban J connectivity index is 1.73. The van der Waals surface area contributed by atoms with Gasteiger partial charge in [0, 0.05) is 30.3 Å². The molecule has 1 aliphatic rings. The van der Waals surface area contributed by atoms with E-state index in [9.17, 15) is 9.59 Å². The van der Waals surface area contributed by atoms with E-state index in [4.69, 9.17) is 20.8 Å². The Hall–Kier alpha value is -2.57. The normalized spacial score (nSPS) is 15.8. The summed E-state index contributed by atoms with van der Waals surface area (Å²) in [5, 5.41) is 0.471. The standard InChI is InChI=1S/C22H25ClN2O4/c1-2-10-24(22(27)17-6-3-7-18(23)13-17)16-21(26)25(14-19-8-4-11-28-19)15-20-9-5-12-29-20/h2-4,6-8,11,13,20H,1,5,9-10,12,14-16H2. The molecule has 2 heterocycles. The zero-order chi connectivity index (χ0) is 20.6. The molecular formula is C22H25ClN2O4. The van der Waals surface area contributed by atoms with E-state index in [1.54, 1.807) is 47.6 Å².